The lowest BCUT2D eigenvalue weighted by molar-refractivity contribution is -0.146. The highest BCUT2D eigenvalue weighted by Crippen LogP contribution is 2.42. The van der Waals surface area contributed by atoms with Crippen molar-refractivity contribution in [1.29, 1.82) is 0 Å². The van der Waals surface area contributed by atoms with Gasteiger partial charge in [-0.05, 0) is 24.8 Å². The molecule has 3 atom stereocenters. The SMILES string of the molecule is Nc1nc(/C(=N\O)C(=O)NC2C(=O)N3C(C(=O)S)=C(CC4CCCO4)CS[C@H]23)cs1. The highest BCUT2D eigenvalue weighted by Gasteiger charge is 2.54. The number of hydrogen-bond acceptors (Lipinski definition) is 10. The Morgan fingerprint density at radius 1 is 1.50 bits per heavy atom. The number of thiol groups is 1. The topological polar surface area (TPSA) is 147 Å². The molecule has 1 aromatic heterocycles. The van der Waals surface area contributed by atoms with Crippen molar-refractivity contribution < 1.29 is 24.3 Å². The van der Waals surface area contributed by atoms with E-state index in [0.29, 0.717) is 18.8 Å². The van der Waals surface area contributed by atoms with E-state index in [4.69, 9.17) is 10.5 Å². The number of hydrogen-bond donors (Lipinski definition) is 4. The van der Waals surface area contributed by atoms with E-state index >= 15 is 0 Å². The van der Waals surface area contributed by atoms with E-state index < -0.39 is 28.3 Å². The molecule has 10 nitrogen and oxygen atoms in total. The minimum Gasteiger partial charge on any atom is -0.410 e. The van der Waals surface area contributed by atoms with E-state index in [0.717, 1.165) is 29.8 Å². The molecule has 3 aliphatic heterocycles. The second-order valence-electron chi connectivity index (χ2n) is 6.98. The van der Waals surface area contributed by atoms with Gasteiger partial charge in [-0.2, -0.15) is 0 Å². The molecular weight excluding hydrogens is 450 g/mol. The first-order valence-corrected chi connectivity index (χ1v) is 11.5. The number of rotatable bonds is 6. The second kappa shape index (κ2) is 8.57. The third-order valence-corrected chi connectivity index (χ3v) is 7.34. The molecule has 0 aliphatic carbocycles. The van der Waals surface area contributed by atoms with Gasteiger partial charge in [0.15, 0.2) is 10.8 Å². The number of amides is 2. The summed E-state index contributed by atoms with van der Waals surface area (Å²) < 4.78 is 5.66. The summed E-state index contributed by atoms with van der Waals surface area (Å²) in [6.45, 7) is 0.702. The Hall–Kier alpha value is -2.09. The lowest BCUT2D eigenvalue weighted by atomic mass is 9.99. The fourth-order valence-corrected chi connectivity index (χ4v) is 5.91. The molecule has 0 aromatic carbocycles. The number of thioether (sulfide) groups is 1. The van der Waals surface area contributed by atoms with Crippen LogP contribution in [0.5, 0.6) is 0 Å². The normalized spacial score (nSPS) is 26.4. The van der Waals surface area contributed by atoms with Crippen LogP contribution in [0, 0.1) is 0 Å². The van der Waals surface area contributed by atoms with Gasteiger partial charge in [-0.1, -0.05) is 17.8 Å². The molecule has 0 saturated carbocycles. The van der Waals surface area contributed by atoms with Crippen LogP contribution in [-0.2, 0) is 19.1 Å². The van der Waals surface area contributed by atoms with Crippen molar-refractivity contribution in [3.63, 3.8) is 0 Å². The van der Waals surface area contributed by atoms with E-state index in [1.165, 1.54) is 22.0 Å². The van der Waals surface area contributed by atoms with Gasteiger partial charge in [0.05, 0.1) is 11.8 Å². The number of nitrogens with two attached hydrogens (primary N) is 1. The number of ether oxygens (including phenoxy) is 1. The van der Waals surface area contributed by atoms with Crippen molar-refractivity contribution >= 4 is 63.5 Å². The zero-order chi connectivity index (χ0) is 21.4. The van der Waals surface area contributed by atoms with Gasteiger partial charge in [-0.25, -0.2) is 4.98 Å². The number of carbonyl (C=O) groups is 3. The highest BCUT2D eigenvalue weighted by atomic mass is 32.2. The first-order chi connectivity index (χ1) is 14.4. The third-order valence-electron chi connectivity index (χ3n) is 5.11. The predicted octanol–water partition coefficient (Wildman–Crippen LogP) is 0.583. The summed E-state index contributed by atoms with van der Waals surface area (Å²) in [6, 6.07) is -0.859. The van der Waals surface area contributed by atoms with Crippen LogP contribution >= 0.6 is 35.7 Å². The van der Waals surface area contributed by atoms with Crippen molar-refractivity contribution in [2.45, 2.75) is 36.8 Å². The first-order valence-electron chi connectivity index (χ1n) is 9.16. The van der Waals surface area contributed by atoms with Gasteiger partial charge in [-0.3, -0.25) is 19.3 Å². The van der Waals surface area contributed by atoms with Gasteiger partial charge in [0, 0.05) is 17.7 Å². The number of anilines is 1. The molecule has 4 N–H and O–H groups in total. The summed E-state index contributed by atoms with van der Waals surface area (Å²) in [5.74, 6) is -0.640. The molecule has 160 valence electrons. The van der Waals surface area contributed by atoms with Crippen LogP contribution in [-0.4, -0.2) is 67.6 Å². The molecule has 2 amide bonds. The number of aromatic nitrogens is 1. The van der Waals surface area contributed by atoms with E-state index in [9.17, 15) is 19.6 Å². The Bertz CT molecular complexity index is 955. The van der Waals surface area contributed by atoms with Crippen LogP contribution in [0.2, 0.25) is 0 Å². The standard InChI is InChI=1S/C17H19N5O5S3/c18-17-19-9(6-30-17)10(21-26)13(23)20-11-14(24)22-12(16(25)28)7(5-29-15(11)22)4-8-2-1-3-27-8/h6,8,11,15,26H,1-5H2,(H2,18,19)(H,20,23)(H,25,28)/b21-10+/t8?,11?,15-/m1/s1. The average Bonchev–Trinajstić information content (AvgIpc) is 3.38. The molecule has 4 heterocycles. The summed E-state index contributed by atoms with van der Waals surface area (Å²) in [4.78, 5) is 42.8. The summed E-state index contributed by atoms with van der Waals surface area (Å²) in [6.07, 6.45) is 2.52. The average molecular weight is 470 g/mol. The van der Waals surface area contributed by atoms with Crippen molar-refractivity contribution in [2.75, 3.05) is 18.1 Å². The van der Waals surface area contributed by atoms with Crippen LogP contribution in [0.15, 0.2) is 21.8 Å². The van der Waals surface area contributed by atoms with Gasteiger partial charge in [0.25, 0.3) is 11.8 Å². The van der Waals surface area contributed by atoms with Gasteiger partial charge in [0.2, 0.25) is 5.12 Å². The minimum atomic E-state index is -0.859. The molecule has 4 rings (SSSR count). The molecule has 2 fully saturated rings. The minimum absolute atomic E-state index is 0.0422. The Kier molecular flexibility index (Phi) is 6.04. The third kappa shape index (κ3) is 3.82. The number of thiazole rings is 1. The van der Waals surface area contributed by atoms with E-state index in [-0.39, 0.29) is 28.3 Å². The van der Waals surface area contributed by atoms with Crippen molar-refractivity contribution in [3.05, 3.63) is 22.3 Å². The summed E-state index contributed by atoms with van der Waals surface area (Å²) in [5, 5.41) is 15.6. The smallest absolute Gasteiger partial charge is 0.276 e. The Labute approximate surface area is 185 Å². The largest absolute Gasteiger partial charge is 0.410 e. The van der Waals surface area contributed by atoms with Crippen molar-refractivity contribution in [1.82, 2.24) is 15.2 Å². The van der Waals surface area contributed by atoms with Gasteiger partial charge >= 0.3 is 0 Å². The predicted molar refractivity (Wildman–Crippen MR) is 114 cm³/mol. The van der Waals surface area contributed by atoms with E-state index in [2.05, 4.69) is 28.1 Å². The molecule has 13 heteroatoms. The molecule has 3 aliphatic rings. The zero-order valence-corrected chi connectivity index (χ0v) is 18.1. The number of nitrogens with zero attached hydrogens (tertiary/aromatic N) is 3. The maximum atomic E-state index is 12.8. The van der Waals surface area contributed by atoms with Crippen molar-refractivity contribution in [3.8, 4) is 0 Å². The molecule has 0 spiro atoms. The molecule has 2 unspecified atom stereocenters. The summed E-state index contributed by atoms with van der Waals surface area (Å²) in [5.41, 5.74) is 6.44. The molecule has 30 heavy (non-hydrogen) atoms. The number of fused-ring (bicyclic) bond motifs is 1. The van der Waals surface area contributed by atoms with Gasteiger partial charge in [0.1, 0.15) is 17.1 Å². The molecule has 0 bridgehead atoms. The van der Waals surface area contributed by atoms with Crippen LogP contribution in [0.3, 0.4) is 0 Å². The van der Waals surface area contributed by atoms with Crippen LogP contribution in [0.4, 0.5) is 5.13 Å². The second-order valence-corrected chi connectivity index (χ2v) is 9.38. The number of nitrogen functional groups attached to an aromatic ring is 1. The van der Waals surface area contributed by atoms with Gasteiger partial charge in [-0.15, -0.1) is 23.1 Å². The summed E-state index contributed by atoms with van der Waals surface area (Å²) >= 11 is 6.52. The first kappa shape index (κ1) is 21.2. The van der Waals surface area contributed by atoms with Gasteiger partial charge < -0.3 is 21.0 Å². The lowest BCUT2D eigenvalue weighted by Crippen LogP contribution is -2.70. The lowest BCUT2D eigenvalue weighted by Gasteiger charge is -2.50. The molecular formula is C17H19N5O5S3. The Morgan fingerprint density at radius 2 is 2.30 bits per heavy atom. The van der Waals surface area contributed by atoms with Crippen LogP contribution in [0.25, 0.3) is 0 Å². The maximum Gasteiger partial charge on any atom is 0.276 e. The number of nitrogens with one attached hydrogen (secondary N) is 1. The number of β-lactam (4-membered cyclic amide) rings is 1. The molecule has 2 saturated heterocycles. The highest BCUT2D eigenvalue weighted by molar-refractivity contribution is 8.00. The molecule has 1 aromatic rings. The van der Waals surface area contributed by atoms with E-state index in [1.54, 1.807) is 0 Å². The fraction of sp³-hybridized carbons (Fsp3) is 0.471. The Morgan fingerprint density at radius 3 is 2.90 bits per heavy atom. The monoisotopic (exact) mass is 469 g/mol. The van der Waals surface area contributed by atoms with Crippen LogP contribution < -0.4 is 11.1 Å². The zero-order valence-electron chi connectivity index (χ0n) is 15.6. The maximum absolute atomic E-state index is 12.8. The Balaban J connectivity index is 1.49. The number of oxime groups is 1. The van der Waals surface area contributed by atoms with Crippen molar-refractivity contribution in [2.24, 2.45) is 5.16 Å². The number of carbonyl (C=O) groups excluding carboxylic acids is 3. The summed E-state index contributed by atoms with van der Waals surface area (Å²) in [7, 11) is 0. The molecule has 0 radical (unpaired) electrons. The fourth-order valence-electron chi connectivity index (χ4n) is 3.74. The van der Waals surface area contributed by atoms with Crippen LogP contribution in [0.1, 0.15) is 25.0 Å². The van der Waals surface area contributed by atoms with E-state index in [1.807, 2.05) is 0 Å². The quantitative estimate of drug-likeness (QED) is 0.156.